The minimum absolute atomic E-state index is 0.0236. The van der Waals surface area contributed by atoms with Crippen LogP contribution in [0.1, 0.15) is 25.5 Å². The summed E-state index contributed by atoms with van der Waals surface area (Å²) in [5.74, 6) is 0.0726. The largest absolute Gasteiger partial charge is 0.382 e. The molecule has 8 heteroatoms. The van der Waals surface area contributed by atoms with Crippen LogP contribution in [0.5, 0.6) is 0 Å². The molecular formula is C17H20FN5O2. The van der Waals surface area contributed by atoms with Crippen LogP contribution in [0, 0.1) is 12.7 Å². The van der Waals surface area contributed by atoms with Crippen molar-refractivity contribution in [2.24, 2.45) is 0 Å². The van der Waals surface area contributed by atoms with Gasteiger partial charge in [-0.25, -0.2) is 9.07 Å². The molecule has 0 aliphatic carbocycles. The minimum atomic E-state index is -0.316. The number of H-pyrrole nitrogens is 1. The summed E-state index contributed by atoms with van der Waals surface area (Å²) in [4.78, 5) is 12.1. The Hall–Kier alpha value is -2.74. The summed E-state index contributed by atoms with van der Waals surface area (Å²) >= 11 is 0. The first-order valence-corrected chi connectivity index (χ1v) is 8.02. The van der Waals surface area contributed by atoms with Gasteiger partial charge in [-0.15, -0.1) is 0 Å². The first-order chi connectivity index (χ1) is 12.0. The number of ether oxygens (including phenoxy) is 1. The Kier molecular flexibility index (Phi) is 4.80. The highest BCUT2D eigenvalue weighted by Gasteiger charge is 2.18. The van der Waals surface area contributed by atoms with Gasteiger partial charge in [-0.05, 0) is 44.5 Å². The van der Waals surface area contributed by atoms with Crippen LogP contribution in [0.4, 0.5) is 10.2 Å². The summed E-state index contributed by atoms with van der Waals surface area (Å²) < 4.78 is 19.9. The van der Waals surface area contributed by atoms with Gasteiger partial charge in [0.2, 0.25) is 5.91 Å². The lowest BCUT2D eigenvalue weighted by Gasteiger charge is -2.08. The maximum Gasteiger partial charge on any atom is 0.225 e. The van der Waals surface area contributed by atoms with E-state index in [0.29, 0.717) is 35.7 Å². The highest BCUT2D eigenvalue weighted by Crippen LogP contribution is 2.26. The number of rotatable bonds is 6. The number of nitrogens with one attached hydrogen (secondary N) is 2. The van der Waals surface area contributed by atoms with Crippen LogP contribution in [0.15, 0.2) is 24.3 Å². The maximum atomic E-state index is 13.1. The van der Waals surface area contributed by atoms with Crippen molar-refractivity contribution in [2.45, 2.75) is 32.8 Å². The molecule has 0 aliphatic heterocycles. The van der Waals surface area contributed by atoms with Gasteiger partial charge in [0.15, 0.2) is 5.65 Å². The average molecular weight is 345 g/mol. The third kappa shape index (κ3) is 3.53. The first kappa shape index (κ1) is 17.1. The van der Waals surface area contributed by atoms with Gasteiger partial charge in [-0.3, -0.25) is 9.89 Å². The van der Waals surface area contributed by atoms with Gasteiger partial charge in [0, 0.05) is 13.5 Å². The molecule has 25 heavy (non-hydrogen) atoms. The number of benzene rings is 1. The summed E-state index contributed by atoms with van der Waals surface area (Å²) in [6.07, 6.45) is 1.00. The van der Waals surface area contributed by atoms with Crippen molar-refractivity contribution in [3.63, 3.8) is 0 Å². The lowest BCUT2D eigenvalue weighted by molar-refractivity contribution is -0.116. The van der Waals surface area contributed by atoms with Gasteiger partial charge in [-0.1, -0.05) is 0 Å². The number of aromatic amines is 1. The number of methoxy groups -OCH3 is 1. The van der Waals surface area contributed by atoms with Crippen molar-refractivity contribution in [3.05, 3.63) is 35.8 Å². The van der Waals surface area contributed by atoms with Crippen LogP contribution in [0.2, 0.25) is 0 Å². The van der Waals surface area contributed by atoms with E-state index in [1.54, 1.807) is 23.9 Å². The number of aromatic nitrogens is 4. The molecule has 1 aromatic carbocycles. The number of nitrogens with zero attached hydrogens (tertiary/aromatic N) is 3. The molecule has 3 aromatic rings. The summed E-state index contributed by atoms with van der Waals surface area (Å²) in [5.41, 5.74) is 1.98. The number of hydrogen-bond donors (Lipinski definition) is 2. The molecule has 1 amide bonds. The standard InChI is InChI=1S/C17H20FN5O2/c1-10(25-3)4-9-14(24)19-16-15-11(2)22-23(17(15)21-20-16)13-7-5-12(18)6-8-13/h5-8,10H,4,9H2,1-3H3,(H2,19,20,21,24)/t10-/m0/s1. The zero-order chi connectivity index (χ0) is 18.0. The molecule has 2 aromatic heterocycles. The number of anilines is 1. The lowest BCUT2D eigenvalue weighted by Crippen LogP contribution is -2.15. The average Bonchev–Trinajstić information content (AvgIpc) is 3.15. The quantitative estimate of drug-likeness (QED) is 0.719. The molecule has 3 rings (SSSR count). The third-order valence-corrected chi connectivity index (χ3v) is 4.08. The van der Waals surface area contributed by atoms with Crippen molar-refractivity contribution < 1.29 is 13.9 Å². The second kappa shape index (κ2) is 7.02. The number of hydrogen-bond acceptors (Lipinski definition) is 4. The molecule has 0 aliphatic rings. The first-order valence-electron chi connectivity index (χ1n) is 8.02. The van der Waals surface area contributed by atoms with Crippen molar-refractivity contribution >= 4 is 22.8 Å². The molecule has 0 bridgehead atoms. The van der Waals surface area contributed by atoms with E-state index >= 15 is 0 Å². The summed E-state index contributed by atoms with van der Waals surface area (Å²) in [6, 6.07) is 5.98. The van der Waals surface area contributed by atoms with E-state index in [0.717, 1.165) is 5.39 Å². The molecule has 0 saturated carbocycles. The number of carbonyl (C=O) groups excluding carboxylic acids is 1. The molecule has 0 unspecified atom stereocenters. The van der Waals surface area contributed by atoms with Gasteiger partial charge >= 0.3 is 0 Å². The Labute approximate surface area is 144 Å². The summed E-state index contributed by atoms with van der Waals surface area (Å²) in [7, 11) is 1.62. The summed E-state index contributed by atoms with van der Waals surface area (Å²) in [5, 5.41) is 15.1. The predicted octanol–water partition coefficient (Wildman–Crippen LogP) is 2.95. The topological polar surface area (TPSA) is 84.8 Å². The Morgan fingerprint density at radius 3 is 2.80 bits per heavy atom. The van der Waals surface area contributed by atoms with Gasteiger partial charge < -0.3 is 10.1 Å². The van der Waals surface area contributed by atoms with Gasteiger partial charge in [0.05, 0.1) is 22.9 Å². The molecular weight excluding hydrogens is 325 g/mol. The van der Waals surface area contributed by atoms with Gasteiger partial charge in [0.1, 0.15) is 11.6 Å². The van der Waals surface area contributed by atoms with Crippen molar-refractivity contribution in [2.75, 3.05) is 12.4 Å². The van der Waals surface area contributed by atoms with Crippen LogP contribution < -0.4 is 5.32 Å². The van der Waals surface area contributed by atoms with E-state index in [9.17, 15) is 9.18 Å². The Balaban J connectivity index is 1.84. The van der Waals surface area contributed by atoms with Crippen LogP contribution in [-0.4, -0.2) is 39.1 Å². The molecule has 0 fully saturated rings. The minimum Gasteiger partial charge on any atom is -0.382 e. The molecule has 0 saturated heterocycles. The predicted molar refractivity (Wildman–Crippen MR) is 92.2 cm³/mol. The molecule has 7 nitrogen and oxygen atoms in total. The smallest absolute Gasteiger partial charge is 0.225 e. The molecule has 0 radical (unpaired) electrons. The Morgan fingerprint density at radius 1 is 1.40 bits per heavy atom. The number of fused-ring (bicyclic) bond motifs is 1. The molecule has 2 heterocycles. The van der Waals surface area contributed by atoms with E-state index in [4.69, 9.17) is 4.74 Å². The fourth-order valence-electron chi connectivity index (χ4n) is 2.58. The fraction of sp³-hybridized carbons (Fsp3) is 0.353. The van der Waals surface area contributed by atoms with Crippen molar-refractivity contribution in [3.8, 4) is 5.69 Å². The highest BCUT2D eigenvalue weighted by molar-refractivity contribution is 6.00. The van der Waals surface area contributed by atoms with E-state index in [1.165, 1.54) is 12.1 Å². The number of halogens is 1. The van der Waals surface area contributed by atoms with Crippen LogP contribution >= 0.6 is 0 Å². The van der Waals surface area contributed by atoms with Crippen LogP contribution in [-0.2, 0) is 9.53 Å². The van der Waals surface area contributed by atoms with E-state index < -0.39 is 0 Å². The second-order valence-corrected chi connectivity index (χ2v) is 5.90. The van der Waals surface area contributed by atoms with Crippen molar-refractivity contribution in [1.29, 1.82) is 0 Å². The van der Waals surface area contributed by atoms with Gasteiger partial charge in [0.25, 0.3) is 0 Å². The van der Waals surface area contributed by atoms with Crippen LogP contribution in [0.3, 0.4) is 0 Å². The molecule has 132 valence electrons. The number of amides is 1. The van der Waals surface area contributed by atoms with E-state index in [-0.39, 0.29) is 17.8 Å². The van der Waals surface area contributed by atoms with E-state index in [1.807, 2.05) is 13.8 Å². The summed E-state index contributed by atoms with van der Waals surface area (Å²) in [6.45, 7) is 3.75. The van der Waals surface area contributed by atoms with Crippen molar-refractivity contribution in [1.82, 2.24) is 20.0 Å². The monoisotopic (exact) mass is 345 g/mol. The zero-order valence-electron chi connectivity index (χ0n) is 14.3. The third-order valence-electron chi connectivity index (χ3n) is 4.08. The molecule has 2 N–H and O–H groups in total. The van der Waals surface area contributed by atoms with Gasteiger partial charge in [-0.2, -0.15) is 10.2 Å². The molecule has 0 spiro atoms. The normalized spacial score (nSPS) is 12.5. The van der Waals surface area contributed by atoms with E-state index in [2.05, 4.69) is 20.6 Å². The highest BCUT2D eigenvalue weighted by atomic mass is 19.1. The SMILES string of the molecule is CO[C@@H](C)CCC(=O)Nc1[nH]nc2c1c(C)nn2-c1ccc(F)cc1. The maximum absolute atomic E-state index is 13.1. The zero-order valence-corrected chi connectivity index (χ0v) is 14.3. The second-order valence-electron chi connectivity index (χ2n) is 5.90. The fourth-order valence-corrected chi connectivity index (χ4v) is 2.58. The number of carbonyl (C=O) groups is 1. The number of aryl methyl sites for hydroxylation is 1. The lowest BCUT2D eigenvalue weighted by atomic mass is 10.2. The Bertz CT molecular complexity index is 884. The van der Waals surface area contributed by atoms with Crippen LogP contribution in [0.25, 0.3) is 16.7 Å². The Morgan fingerprint density at radius 2 is 2.12 bits per heavy atom. The molecule has 1 atom stereocenters.